The molecule has 5 heterocycles. The van der Waals surface area contributed by atoms with Crippen molar-refractivity contribution in [2.24, 2.45) is 0 Å². The van der Waals surface area contributed by atoms with Crippen LogP contribution >= 0.6 is 0 Å². The highest BCUT2D eigenvalue weighted by Crippen LogP contribution is 2.34. The molecule has 5 aromatic rings. The van der Waals surface area contributed by atoms with E-state index in [1.807, 2.05) is 0 Å². The van der Waals surface area contributed by atoms with Gasteiger partial charge < -0.3 is 32.9 Å². The summed E-state index contributed by atoms with van der Waals surface area (Å²) >= 11 is 0. The number of benzene rings is 2. The quantitative estimate of drug-likeness (QED) is 0.0362. The van der Waals surface area contributed by atoms with Crippen molar-refractivity contribution >= 4 is 46.4 Å². The Kier molecular flexibility index (Phi) is 19.3. The third kappa shape index (κ3) is 17.1. The predicted molar refractivity (Wildman–Crippen MR) is 302 cm³/mol. The van der Waals surface area contributed by atoms with E-state index in [9.17, 15) is 0 Å². The first kappa shape index (κ1) is 53.3. The van der Waals surface area contributed by atoms with Crippen molar-refractivity contribution in [1.82, 2.24) is 19.9 Å². The van der Waals surface area contributed by atoms with E-state index in [1.165, 1.54) is 110 Å². The molecule has 3 aromatic heterocycles. The van der Waals surface area contributed by atoms with E-state index in [1.54, 1.807) is 0 Å². The Bertz CT molecular complexity index is 2660. The zero-order chi connectivity index (χ0) is 50.1. The maximum absolute atomic E-state index is 6.34. The highest BCUT2D eigenvalue weighted by Gasteiger charge is 2.20. The second-order valence-electron chi connectivity index (χ2n) is 22.7. The van der Waals surface area contributed by atoms with Gasteiger partial charge in [-0.05, 0) is 122 Å². The summed E-state index contributed by atoms with van der Waals surface area (Å²) in [5, 5.41) is 0. The van der Waals surface area contributed by atoms with E-state index in [0.29, 0.717) is 6.61 Å². The molecular weight excluding hydrogens is 875 g/mol. The number of aromatic amines is 2. The van der Waals surface area contributed by atoms with Gasteiger partial charge in [0.1, 0.15) is 11.5 Å². The molecule has 0 fully saturated rings. The number of rotatable bonds is 29. The largest absolute Gasteiger partial charge is 0.494 e. The first-order valence-corrected chi connectivity index (χ1v) is 27.2. The van der Waals surface area contributed by atoms with Crippen molar-refractivity contribution < 1.29 is 22.9 Å². The molecule has 0 saturated carbocycles. The second kappa shape index (κ2) is 25.8. The predicted octanol–water partition coefficient (Wildman–Crippen LogP) is 14.5. The molecule has 2 aliphatic heterocycles. The number of fused-ring (bicyclic) bond motifs is 8. The summed E-state index contributed by atoms with van der Waals surface area (Å²) in [4.78, 5) is 17.7. The van der Waals surface area contributed by atoms with Gasteiger partial charge in [0.25, 0.3) is 0 Å². The molecule has 0 atom stereocenters. The van der Waals surface area contributed by atoms with Gasteiger partial charge in [0.15, 0.2) is 0 Å². The van der Waals surface area contributed by atoms with Crippen LogP contribution in [-0.4, -0.2) is 129 Å². The molecule has 380 valence electrons. The van der Waals surface area contributed by atoms with Gasteiger partial charge in [-0.25, -0.2) is 9.97 Å². The highest BCUT2D eigenvalue weighted by molar-refractivity contribution is 5.93. The highest BCUT2D eigenvalue weighted by atomic mass is 16.5. The molecule has 0 aliphatic carbocycles. The molecule has 0 amide bonds. The Labute approximate surface area is 427 Å². The van der Waals surface area contributed by atoms with Crippen LogP contribution in [0.15, 0.2) is 84.9 Å². The van der Waals surface area contributed by atoms with Gasteiger partial charge in [0.05, 0.1) is 118 Å². The summed E-state index contributed by atoms with van der Waals surface area (Å²) in [6.45, 7) is 9.76. The van der Waals surface area contributed by atoms with E-state index < -0.39 is 0 Å². The van der Waals surface area contributed by atoms with Gasteiger partial charge in [0.2, 0.25) is 0 Å². The van der Waals surface area contributed by atoms with Crippen LogP contribution in [0.2, 0.25) is 0 Å². The van der Waals surface area contributed by atoms with Gasteiger partial charge in [-0.3, -0.25) is 0 Å². The standard InChI is InChI=1S/C62H88N7O2/c1-9-10-11-12-13-14-15-16-17-21-45-70-55-32-24-49(25-33-55)61-57-36-28-51(63-57)47-53-30-38-59(65-53)62(60-39-31-54(66-60)48-52-29-37-58(61)64-52)50-26-34-56(35-27-50)71-46-23-44-69(7,8)43-22-42-68(5,6)41-20-18-19-40-67(2,3)4/h24-39,47-48,63,66H,9-23,40-46H2,1-8H3/q+3. The fourth-order valence-electron chi connectivity index (χ4n) is 10.0. The van der Waals surface area contributed by atoms with Crippen molar-refractivity contribution in [3.63, 3.8) is 0 Å². The third-order valence-electron chi connectivity index (χ3n) is 14.2. The smallest absolute Gasteiger partial charge is 0.119 e. The summed E-state index contributed by atoms with van der Waals surface area (Å²) in [7, 11) is 16.4. The Hall–Kier alpha value is -5.48. The van der Waals surface area contributed by atoms with E-state index in [0.717, 1.165) is 118 Å². The molecule has 2 N–H and O–H groups in total. The topological polar surface area (TPSA) is 75.8 Å². The van der Waals surface area contributed by atoms with Crippen molar-refractivity contribution in [3.8, 4) is 33.8 Å². The lowest BCUT2D eigenvalue weighted by molar-refractivity contribution is -0.909. The Morgan fingerprint density at radius 3 is 1.30 bits per heavy atom. The summed E-state index contributed by atoms with van der Waals surface area (Å²) in [5.41, 5.74) is 11.8. The molecule has 9 nitrogen and oxygen atoms in total. The van der Waals surface area contributed by atoms with Crippen LogP contribution in [0.3, 0.4) is 0 Å². The monoisotopic (exact) mass is 963 g/mol. The van der Waals surface area contributed by atoms with E-state index >= 15 is 0 Å². The lowest BCUT2D eigenvalue weighted by Gasteiger charge is -2.34. The second-order valence-corrected chi connectivity index (χ2v) is 22.7. The number of nitrogens with zero attached hydrogens (tertiary/aromatic N) is 5. The van der Waals surface area contributed by atoms with Gasteiger partial charge in [-0.2, -0.15) is 0 Å². The maximum atomic E-state index is 6.34. The minimum Gasteiger partial charge on any atom is -0.494 e. The van der Waals surface area contributed by atoms with Crippen LogP contribution < -0.4 is 9.47 Å². The minimum absolute atomic E-state index is 0.698. The van der Waals surface area contributed by atoms with E-state index in [-0.39, 0.29) is 0 Å². The summed E-state index contributed by atoms with van der Waals surface area (Å²) < 4.78 is 15.7. The molecule has 2 aromatic carbocycles. The zero-order valence-electron chi connectivity index (χ0n) is 45.0. The van der Waals surface area contributed by atoms with Crippen LogP contribution in [0, 0.1) is 0 Å². The van der Waals surface area contributed by atoms with Crippen LogP contribution in [0.1, 0.15) is 126 Å². The SMILES string of the molecule is CCCCCCCCCCCCOc1ccc(-c2c3nc(cc4ccc([nH]4)c(-c4ccc(OCCC[N+](C)(C)CCC[N+](C)(C)CCCCC[N+](C)(C)C)cc4)c4nc(cc5ccc2[nH]5)C=C4)C=C3)cc1. The normalized spacial score (nSPS) is 12.8. The van der Waals surface area contributed by atoms with E-state index in [2.05, 4.69) is 175 Å². The van der Waals surface area contributed by atoms with Crippen molar-refractivity contribution in [2.45, 2.75) is 103 Å². The van der Waals surface area contributed by atoms with Gasteiger partial charge >= 0.3 is 0 Å². The molecule has 8 bridgehead atoms. The van der Waals surface area contributed by atoms with Gasteiger partial charge in [-0.1, -0.05) is 89.0 Å². The summed E-state index contributed by atoms with van der Waals surface area (Å²) in [5.74, 6) is 1.79. The molecular formula is C62H88N7O2+3. The number of nitrogens with one attached hydrogen (secondary N) is 2. The molecule has 71 heavy (non-hydrogen) atoms. The summed E-state index contributed by atoms with van der Waals surface area (Å²) in [6.07, 6.45) is 27.8. The molecule has 0 unspecified atom stereocenters. The van der Waals surface area contributed by atoms with Gasteiger partial charge in [-0.15, -0.1) is 0 Å². The van der Waals surface area contributed by atoms with E-state index in [4.69, 9.17) is 19.4 Å². The van der Waals surface area contributed by atoms with Crippen molar-refractivity contribution in [1.29, 1.82) is 0 Å². The Morgan fingerprint density at radius 2 is 0.817 bits per heavy atom. The average Bonchev–Trinajstić information content (AvgIpc) is 4.18. The average molecular weight is 963 g/mol. The minimum atomic E-state index is 0.698. The fraction of sp³-hybridized carbons (Fsp3) is 0.484. The number of hydrogen-bond donors (Lipinski definition) is 2. The molecule has 9 heteroatoms. The molecule has 0 saturated heterocycles. The zero-order valence-corrected chi connectivity index (χ0v) is 45.0. The first-order chi connectivity index (χ1) is 34.2. The maximum Gasteiger partial charge on any atom is 0.119 e. The Morgan fingerprint density at radius 1 is 0.408 bits per heavy atom. The molecule has 0 spiro atoms. The number of ether oxygens (including phenoxy) is 2. The van der Waals surface area contributed by atoms with Crippen LogP contribution in [-0.2, 0) is 0 Å². The van der Waals surface area contributed by atoms with Crippen LogP contribution in [0.5, 0.6) is 11.5 Å². The first-order valence-electron chi connectivity index (χ1n) is 27.2. The fourth-order valence-corrected chi connectivity index (χ4v) is 10.0. The Balaban J connectivity index is 0.983. The lowest BCUT2D eigenvalue weighted by atomic mass is 10.0. The summed E-state index contributed by atoms with van der Waals surface area (Å²) in [6, 6.07) is 29.8. The number of quaternary nitrogens is 3. The van der Waals surface area contributed by atoms with Crippen molar-refractivity contribution in [2.75, 3.05) is 95.3 Å². The third-order valence-corrected chi connectivity index (χ3v) is 14.2. The molecule has 7 rings (SSSR count). The molecule has 0 radical (unpaired) electrons. The number of hydrogen-bond acceptors (Lipinski definition) is 4. The number of unbranched alkanes of at least 4 members (excludes halogenated alkanes) is 11. The van der Waals surface area contributed by atoms with Gasteiger partial charge in [0, 0.05) is 46.0 Å². The van der Waals surface area contributed by atoms with Crippen molar-refractivity contribution in [3.05, 3.63) is 108 Å². The molecule has 2 aliphatic rings. The number of aromatic nitrogens is 4. The number of H-pyrrole nitrogens is 2. The van der Waals surface area contributed by atoms with Crippen LogP contribution in [0.4, 0.5) is 0 Å². The lowest BCUT2D eigenvalue weighted by Crippen LogP contribution is -2.46. The van der Waals surface area contributed by atoms with Crippen LogP contribution in [0.25, 0.3) is 68.6 Å².